The quantitative estimate of drug-likeness (QED) is 0.896. The molecule has 2 saturated heterocycles. The lowest BCUT2D eigenvalue weighted by atomic mass is 10.1. The van der Waals surface area contributed by atoms with E-state index >= 15 is 0 Å². The second-order valence-corrected chi connectivity index (χ2v) is 6.12. The number of likely N-dealkylation sites (tertiary alicyclic amines) is 2. The molecule has 1 amide bonds. The van der Waals surface area contributed by atoms with Gasteiger partial charge in [-0.05, 0) is 43.9 Å². The summed E-state index contributed by atoms with van der Waals surface area (Å²) < 4.78 is 5.76. The third kappa shape index (κ3) is 3.64. The van der Waals surface area contributed by atoms with E-state index in [0.29, 0.717) is 31.0 Å². The number of carboxylic acids is 1. The minimum absolute atomic E-state index is 0.235. The van der Waals surface area contributed by atoms with Crippen LogP contribution < -0.4 is 4.74 Å². The fourth-order valence-electron chi connectivity index (χ4n) is 3.23. The second-order valence-electron chi connectivity index (χ2n) is 6.12. The number of amides is 1. The predicted octanol–water partition coefficient (Wildman–Crippen LogP) is 1.81. The van der Waals surface area contributed by atoms with E-state index in [1.807, 2.05) is 6.07 Å². The van der Waals surface area contributed by atoms with Crippen molar-refractivity contribution >= 4 is 11.9 Å². The molecule has 2 fully saturated rings. The lowest BCUT2D eigenvalue weighted by Gasteiger charge is -2.22. The Bertz CT molecular complexity index is 584. The average Bonchev–Trinajstić information content (AvgIpc) is 3.23. The molecule has 23 heavy (non-hydrogen) atoms. The summed E-state index contributed by atoms with van der Waals surface area (Å²) in [4.78, 5) is 27.5. The number of ether oxygens (including phenoxy) is 1. The maximum atomic E-state index is 12.6. The molecule has 1 atom stereocenters. The van der Waals surface area contributed by atoms with Crippen LogP contribution in [0.5, 0.6) is 5.75 Å². The van der Waals surface area contributed by atoms with Crippen LogP contribution in [0, 0.1) is 0 Å². The van der Waals surface area contributed by atoms with Gasteiger partial charge in [-0.3, -0.25) is 9.69 Å². The summed E-state index contributed by atoms with van der Waals surface area (Å²) in [5.74, 6) is -0.521. The van der Waals surface area contributed by atoms with Gasteiger partial charge in [-0.1, -0.05) is 6.07 Å². The first-order chi connectivity index (χ1) is 11.1. The van der Waals surface area contributed by atoms with Gasteiger partial charge in [0.25, 0.3) is 5.91 Å². The third-order valence-corrected chi connectivity index (χ3v) is 4.49. The molecule has 0 spiro atoms. The van der Waals surface area contributed by atoms with Crippen molar-refractivity contribution in [1.82, 2.24) is 9.80 Å². The highest BCUT2D eigenvalue weighted by atomic mass is 16.5. The number of hydrogen-bond acceptors (Lipinski definition) is 4. The molecule has 1 aromatic carbocycles. The van der Waals surface area contributed by atoms with E-state index in [2.05, 4.69) is 4.90 Å². The summed E-state index contributed by atoms with van der Waals surface area (Å²) in [7, 11) is 0. The van der Waals surface area contributed by atoms with E-state index in [9.17, 15) is 14.7 Å². The van der Waals surface area contributed by atoms with Crippen molar-refractivity contribution in [2.45, 2.75) is 31.7 Å². The number of carbonyl (C=O) groups is 2. The Morgan fingerprint density at radius 3 is 2.70 bits per heavy atom. The minimum Gasteiger partial charge on any atom is -0.480 e. The van der Waals surface area contributed by atoms with E-state index in [4.69, 9.17) is 4.74 Å². The van der Waals surface area contributed by atoms with Crippen LogP contribution in [0.25, 0.3) is 0 Å². The minimum atomic E-state index is -0.933. The maximum absolute atomic E-state index is 12.6. The Hall–Kier alpha value is -2.08. The summed E-state index contributed by atoms with van der Waals surface area (Å²) in [6.07, 6.45) is 3.65. The molecule has 2 aliphatic rings. The van der Waals surface area contributed by atoms with E-state index in [-0.39, 0.29) is 5.91 Å². The number of nitrogens with zero attached hydrogens (tertiary/aromatic N) is 2. The fraction of sp³-hybridized carbons (Fsp3) is 0.529. The molecule has 2 aliphatic heterocycles. The van der Waals surface area contributed by atoms with Gasteiger partial charge >= 0.3 is 5.97 Å². The van der Waals surface area contributed by atoms with Crippen molar-refractivity contribution in [3.8, 4) is 5.75 Å². The van der Waals surface area contributed by atoms with Gasteiger partial charge in [0.05, 0.1) is 0 Å². The van der Waals surface area contributed by atoms with E-state index in [1.165, 1.54) is 17.7 Å². The van der Waals surface area contributed by atoms with Crippen LogP contribution in [0.1, 0.15) is 36.0 Å². The number of hydrogen-bond donors (Lipinski definition) is 1. The van der Waals surface area contributed by atoms with Crippen LogP contribution in [0.3, 0.4) is 0 Å². The number of benzene rings is 1. The van der Waals surface area contributed by atoms with Crippen molar-refractivity contribution < 1.29 is 19.4 Å². The van der Waals surface area contributed by atoms with E-state index in [0.717, 1.165) is 19.5 Å². The Labute approximate surface area is 135 Å². The summed E-state index contributed by atoms with van der Waals surface area (Å²) in [6, 6.07) is 6.30. The first-order valence-electron chi connectivity index (χ1n) is 8.14. The first-order valence-corrected chi connectivity index (χ1v) is 8.14. The van der Waals surface area contributed by atoms with Gasteiger partial charge in [0.1, 0.15) is 18.5 Å². The lowest BCUT2D eigenvalue weighted by molar-refractivity contribution is -0.141. The van der Waals surface area contributed by atoms with Gasteiger partial charge in [0, 0.05) is 25.2 Å². The number of aliphatic carboxylic acids is 1. The van der Waals surface area contributed by atoms with Crippen molar-refractivity contribution in [1.29, 1.82) is 0 Å². The summed E-state index contributed by atoms with van der Waals surface area (Å²) >= 11 is 0. The van der Waals surface area contributed by atoms with Crippen LogP contribution in [-0.2, 0) is 4.79 Å². The molecule has 6 heteroatoms. The van der Waals surface area contributed by atoms with Crippen molar-refractivity contribution in [2.24, 2.45) is 0 Å². The fourth-order valence-corrected chi connectivity index (χ4v) is 3.23. The van der Waals surface area contributed by atoms with Gasteiger partial charge in [-0.15, -0.1) is 0 Å². The lowest BCUT2D eigenvalue weighted by Crippen LogP contribution is -2.40. The standard InChI is InChI=1S/C17H22N2O4/c20-16(19-10-4-7-15(19)17(21)22)13-5-3-6-14(11-13)23-12-18-8-1-2-9-18/h3,5-6,11,15H,1-2,4,7-10,12H2,(H,21,22). The third-order valence-electron chi connectivity index (χ3n) is 4.49. The molecule has 0 radical (unpaired) electrons. The Kier molecular flexibility index (Phi) is 4.81. The molecular formula is C17H22N2O4. The highest BCUT2D eigenvalue weighted by Gasteiger charge is 2.34. The highest BCUT2D eigenvalue weighted by Crippen LogP contribution is 2.22. The van der Waals surface area contributed by atoms with Gasteiger partial charge in [-0.25, -0.2) is 4.79 Å². The molecule has 0 aromatic heterocycles. The summed E-state index contributed by atoms with van der Waals surface area (Å²) in [5, 5.41) is 9.22. The normalized spacial score (nSPS) is 21.6. The molecule has 1 aromatic rings. The van der Waals surface area contributed by atoms with Crippen molar-refractivity contribution in [2.75, 3.05) is 26.4 Å². The highest BCUT2D eigenvalue weighted by molar-refractivity contribution is 5.97. The zero-order valence-corrected chi connectivity index (χ0v) is 13.1. The Balaban J connectivity index is 1.66. The molecule has 3 rings (SSSR count). The SMILES string of the molecule is O=C(O)C1CCCN1C(=O)c1cccc(OCN2CCCC2)c1. The van der Waals surface area contributed by atoms with Crippen LogP contribution in [0.4, 0.5) is 0 Å². The zero-order valence-electron chi connectivity index (χ0n) is 13.1. The number of carboxylic acid groups (broad SMARTS) is 1. The molecule has 0 aliphatic carbocycles. The van der Waals surface area contributed by atoms with Gasteiger partial charge in [-0.2, -0.15) is 0 Å². The molecule has 2 heterocycles. The Morgan fingerprint density at radius 2 is 1.96 bits per heavy atom. The van der Waals surface area contributed by atoms with Crippen LogP contribution in [-0.4, -0.2) is 59.2 Å². The smallest absolute Gasteiger partial charge is 0.326 e. The van der Waals surface area contributed by atoms with Crippen LogP contribution >= 0.6 is 0 Å². The van der Waals surface area contributed by atoms with Crippen LogP contribution in [0.2, 0.25) is 0 Å². The van der Waals surface area contributed by atoms with Gasteiger partial charge < -0.3 is 14.7 Å². The van der Waals surface area contributed by atoms with Crippen molar-refractivity contribution in [3.63, 3.8) is 0 Å². The summed E-state index contributed by atoms with van der Waals surface area (Å²) in [5.41, 5.74) is 0.483. The molecular weight excluding hydrogens is 296 g/mol. The molecule has 1 N–H and O–H groups in total. The predicted molar refractivity (Wildman–Crippen MR) is 84.4 cm³/mol. The Morgan fingerprint density at radius 1 is 1.17 bits per heavy atom. The molecule has 124 valence electrons. The first kappa shape index (κ1) is 15.8. The molecule has 0 saturated carbocycles. The molecule has 0 bridgehead atoms. The number of rotatable bonds is 5. The van der Waals surface area contributed by atoms with Gasteiger partial charge in [0.15, 0.2) is 0 Å². The summed E-state index contributed by atoms with van der Waals surface area (Å²) in [6.45, 7) is 3.12. The van der Waals surface area contributed by atoms with Crippen molar-refractivity contribution in [3.05, 3.63) is 29.8 Å². The van der Waals surface area contributed by atoms with E-state index in [1.54, 1.807) is 18.2 Å². The topological polar surface area (TPSA) is 70.1 Å². The largest absolute Gasteiger partial charge is 0.480 e. The second kappa shape index (κ2) is 7.00. The maximum Gasteiger partial charge on any atom is 0.326 e. The number of carbonyl (C=O) groups excluding carboxylic acids is 1. The van der Waals surface area contributed by atoms with Crippen LogP contribution in [0.15, 0.2) is 24.3 Å². The monoisotopic (exact) mass is 318 g/mol. The molecule has 1 unspecified atom stereocenters. The average molecular weight is 318 g/mol. The molecule has 6 nitrogen and oxygen atoms in total. The van der Waals surface area contributed by atoms with E-state index < -0.39 is 12.0 Å². The zero-order chi connectivity index (χ0) is 16.2. The van der Waals surface area contributed by atoms with Gasteiger partial charge in [0.2, 0.25) is 0 Å².